The molecule has 3 nitrogen and oxygen atoms in total. The Bertz CT molecular complexity index is 3510. The van der Waals surface area contributed by atoms with Crippen molar-refractivity contribution in [3.63, 3.8) is 0 Å². The molecule has 3 heteroatoms. The fraction of sp³-hybridized carbons (Fsp3) is 0. The second-order valence-corrected chi connectivity index (χ2v) is 14.9. The van der Waals surface area contributed by atoms with Crippen molar-refractivity contribution in [1.29, 1.82) is 0 Å². The maximum Gasteiger partial charge on any atom is 0.159 e. The quantitative estimate of drug-likeness (QED) is 0.173. The highest BCUT2D eigenvalue weighted by atomic mass is 16.3. The molecule has 12 aromatic rings. The second kappa shape index (κ2) is 12.5. The molecule has 3 aromatic heterocycles. The van der Waals surface area contributed by atoms with Gasteiger partial charge >= 0.3 is 0 Å². The van der Waals surface area contributed by atoms with Crippen LogP contribution in [-0.2, 0) is 0 Å². The summed E-state index contributed by atoms with van der Waals surface area (Å²) >= 11 is 0. The average Bonchev–Trinajstić information content (AvgIpc) is 3.94. The molecule has 0 saturated carbocycles. The summed E-state index contributed by atoms with van der Waals surface area (Å²) in [6, 6.07) is 74.5. The number of hydrogen-bond acceptors (Lipinski definition) is 1. The van der Waals surface area contributed by atoms with Crippen molar-refractivity contribution in [1.82, 2.24) is 9.13 Å². The fourth-order valence-electron chi connectivity index (χ4n) is 9.07. The van der Waals surface area contributed by atoms with E-state index in [4.69, 9.17) is 4.42 Å². The minimum absolute atomic E-state index is 0.876. The fourth-order valence-corrected chi connectivity index (χ4v) is 9.07. The van der Waals surface area contributed by atoms with Gasteiger partial charge in [-0.25, -0.2) is 0 Å². The number of fused-ring (bicyclic) bond motifs is 9. The lowest BCUT2D eigenvalue weighted by Gasteiger charge is -2.13. The number of rotatable bonds is 5. The lowest BCUT2D eigenvalue weighted by atomic mass is 9.97. The molecule has 0 amide bonds. The molecular formula is C54H34N2O. The first-order valence-electron chi connectivity index (χ1n) is 19.5. The molecular weight excluding hydrogens is 693 g/mol. The lowest BCUT2D eigenvalue weighted by molar-refractivity contribution is 0.666. The summed E-state index contributed by atoms with van der Waals surface area (Å²) in [7, 11) is 0. The Hall–Kier alpha value is -7.62. The van der Waals surface area contributed by atoms with Crippen LogP contribution in [0.25, 0.3) is 110 Å². The van der Waals surface area contributed by atoms with Crippen molar-refractivity contribution in [2.24, 2.45) is 0 Å². The van der Waals surface area contributed by atoms with E-state index >= 15 is 0 Å². The highest BCUT2D eigenvalue weighted by Gasteiger charge is 2.21. The molecule has 0 radical (unpaired) electrons. The monoisotopic (exact) mass is 726 g/mol. The van der Waals surface area contributed by atoms with Crippen LogP contribution in [0, 0.1) is 0 Å². The summed E-state index contributed by atoms with van der Waals surface area (Å²) in [5.74, 6) is 0. The first-order valence-corrected chi connectivity index (χ1v) is 19.5. The van der Waals surface area contributed by atoms with Crippen LogP contribution < -0.4 is 0 Å². The lowest BCUT2D eigenvalue weighted by Crippen LogP contribution is -1.96. The van der Waals surface area contributed by atoms with Gasteiger partial charge in [0.2, 0.25) is 0 Å². The van der Waals surface area contributed by atoms with Crippen molar-refractivity contribution < 1.29 is 4.42 Å². The summed E-state index contributed by atoms with van der Waals surface area (Å²) in [5.41, 5.74) is 15.6. The number of para-hydroxylation sites is 4. The Kier molecular flexibility index (Phi) is 6.93. The van der Waals surface area contributed by atoms with Gasteiger partial charge in [0.05, 0.1) is 27.8 Å². The molecule has 0 saturated heterocycles. The largest absolute Gasteiger partial charge is 0.454 e. The highest BCUT2D eigenvalue weighted by Crippen LogP contribution is 2.43. The summed E-state index contributed by atoms with van der Waals surface area (Å²) in [4.78, 5) is 0. The molecule has 3 heterocycles. The number of furan rings is 1. The van der Waals surface area contributed by atoms with E-state index in [1.54, 1.807) is 0 Å². The molecule has 0 fully saturated rings. The Morgan fingerprint density at radius 1 is 0.281 bits per heavy atom. The van der Waals surface area contributed by atoms with Gasteiger partial charge in [0.15, 0.2) is 5.58 Å². The predicted molar refractivity (Wildman–Crippen MR) is 239 cm³/mol. The van der Waals surface area contributed by atoms with Gasteiger partial charge in [-0.05, 0) is 94.0 Å². The molecule has 57 heavy (non-hydrogen) atoms. The molecule has 0 aliphatic carbocycles. The Morgan fingerprint density at radius 3 is 1.49 bits per heavy atom. The second-order valence-electron chi connectivity index (χ2n) is 14.9. The van der Waals surface area contributed by atoms with E-state index < -0.39 is 0 Å². The minimum Gasteiger partial charge on any atom is -0.454 e. The van der Waals surface area contributed by atoms with E-state index in [9.17, 15) is 0 Å². The van der Waals surface area contributed by atoms with Gasteiger partial charge in [-0.2, -0.15) is 0 Å². The van der Waals surface area contributed by atoms with Crippen LogP contribution in [0.15, 0.2) is 211 Å². The SMILES string of the molecule is c1ccc(-c2cccc(-c3cc(-n4c5ccccc5c5ccc(-c6ccc7c8ccccc8n(-c8ccccc8)c7c6)cc54)c4oc5ccccc5c4c3)c2)cc1. The third-order valence-corrected chi connectivity index (χ3v) is 11.7. The summed E-state index contributed by atoms with van der Waals surface area (Å²) in [5, 5.41) is 7.12. The third kappa shape index (κ3) is 4.92. The van der Waals surface area contributed by atoms with E-state index in [1.165, 1.54) is 49.3 Å². The van der Waals surface area contributed by atoms with Crippen LogP contribution in [0.3, 0.4) is 0 Å². The van der Waals surface area contributed by atoms with Crippen molar-refractivity contribution in [3.05, 3.63) is 206 Å². The van der Waals surface area contributed by atoms with E-state index in [-0.39, 0.29) is 0 Å². The van der Waals surface area contributed by atoms with Gasteiger partial charge in [0.25, 0.3) is 0 Å². The van der Waals surface area contributed by atoms with Crippen LogP contribution in [0.1, 0.15) is 0 Å². The molecule has 0 N–H and O–H groups in total. The Labute approximate surface area is 328 Å². The zero-order chi connectivity index (χ0) is 37.5. The first-order chi connectivity index (χ1) is 28.3. The first kappa shape index (κ1) is 31.7. The number of nitrogens with zero attached hydrogens (tertiary/aromatic N) is 2. The molecule has 9 aromatic carbocycles. The summed E-state index contributed by atoms with van der Waals surface area (Å²) < 4.78 is 11.6. The Balaban J connectivity index is 1.11. The molecule has 0 unspecified atom stereocenters. The van der Waals surface area contributed by atoms with Gasteiger partial charge < -0.3 is 13.6 Å². The number of aromatic nitrogens is 2. The topological polar surface area (TPSA) is 23.0 Å². The normalized spacial score (nSPS) is 11.9. The van der Waals surface area contributed by atoms with Crippen molar-refractivity contribution >= 4 is 65.6 Å². The maximum absolute atomic E-state index is 6.81. The van der Waals surface area contributed by atoms with E-state index in [0.29, 0.717) is 0 Å². The average molecular weight is 727 g/mol. The minimum atomic E-state index is 0.876. The van der Waals surface area contributed by atoms with Crippen LogP contribution in [0.2, 0.25) is 0 Å². The molecule has 266 valence electrons. The molecule has 0 aliphatic heterocycles. The molecule has 0 atom stereocenters. The van der Waals surface area contributed by atoms with Gasteiger partial charge in [-0.1, -0.05) is 146 Å². The molecule has 0 spiro atoms. The van der Waals surface area contributed by atoms with Crippen molar-refractivity contribution in [2.45, 2.75) is 0 Å². The van der Waals surface area contributed by atoms with Gasteiger partial charge in [-0.15, -0.1) is 0 Å². The number of hydrogen-bond donors (Lipinski definition) is 0. The summed E-state index contributed by atoms with van der Waals surface area (Å²) in [6.45, 7) is 0. The zero-order valence-corrected chi connectivity index (χ0v) is 30.9. The summed E-state index contributed by atoms with van der Waals surface area (Å²) in [6.07, 6.45) is 0. The van der Waals surface area contributed by atoms with E-state index in [1.807, 2.05) is 0 Å². The highest BCUT2D eigenvalue weighted by molar-refractivity contribution is 6.15. The Morgan fingerprint density at radius 2 is 0.789 bits per heavy atom. The molecule has 0 bridgehead atoms. The molecule has 12 rings (SSSR count). The maximum atomic E-state index is 6.81. The van der Waals surface area contributed by atoms with Crippen LogP contribution >= 0.6 is 0 Å². The van der Waals surface area contributed by atoms with Crippen LogP contribution in [0.4, 0.5) is 0 Å². The van der Waals surface area contributed by atoms with Crippen LogP contribution in [-0.4, -0.2) is 9.13 Å². The standard InChI is InChI=1S/C54H34N2O/c1-3-14-35(15-4-1)36-16-13-17-37(30-36)40-31-47-46-22-9-12-25-53(46)57-54(47)52(34-40)56-49-24-11-8-21-43(49)45-29-27-39(33-51(45)56)38-26-28-44-42-20-7-10-23-48(42)55(50(44)32-38)41-18-5-2-6-19-41/h1-34H. The third-order valence-electron chi connectivity index (χ3n) is 11.7. The predicted octanol–water partition coefficient (Wildman–Crippen LogP) is 14.8. The van der Waals surface area contributed by atoms with E-state index in [0.717, 1.165) is 61.0 Å². The number of benzene rings is 9. The van der Waals surface area contributed by atoms with Crippen molar-refractivity contribution in [3.8, 4) is 44.8 Å². The van der Waals surface area contributed by atoms with Crippen LogP contribution in [0.5, 0.6) is 0 Å². The molecule has 0 aliphatic rings. The van der Waals surface area contributed by atoms with Gasteiger partial charge in [-0.3, -0.25) is 0 Å². The zero-order valence-electron chi connectivity index (χ0n) is 30.9. The van der Waals surface area contributed by atoms with E-state index in [2.05, 4.69) is 215 Å². The van der Waals surface area contributed by atoms with Gasteiger partial charge in [0.1, 0.15) is 5.58 Å². The van der Waals surface area contributed by atoms with Crippen molar-refractivity contribution in [2.75, 3.05) is 0 Å². The van der Waals surface area contributed by atoms with Gasteiger partial charge in [0, 0.05) is 38.0 Å². The smallest absolute Gasteiger partial charge is 0.159 e.